The van der Waals surface area contributed by atoms with Crippen molar-refractivity contribution in [1.29, 1.82) is 0 Å². The van der Waals surface area contributed by atoms with Gasteiger partial charge in [0.15, 0.2) is 6.61 Å². The number of ether oxygens (including phenoxy) is 1. The van der Waals surface area contributed by atoms with Gasteiger partial charge in [-0.3, -0.25) is 9.59 Å². The predicted molar refractivity (Wildman–Crippen MR) is 108 cm³/mol. The van der Waals surface area contributed by atoms with Crippen LogP contribution in [0, 0.1) is 5.92 Å². The van der Waals surface area contributed by atoms with Gasteiger partial charge in [-0.2, -0.15) is 0 Å². The lowest BCUT2D eigenvalue weighted by molar-refractivity contribution is -0.135. The van der Waals surface area contributed by atoms with Crippen LogP contribution >= 0.6 is 0 Å². The van der Waals surface area contributed by atoms with E-state index in [0.29, 0.717) is 25.4 Å². The lowest BCUT2D eigenvalue weighted by Gasteiger charge is -2.22. The zero-order chi connectivity index (χ0) is 19.9. The van der Waals surface area contributed by atoms with Gasteiger partial charge in [-0.05, 0) is 37.1 Å². The van der Waals surface area contributed by atoms with Crippen LogP contribution in [0.5, 0.6) is 5.75 Å². The maximum atomic E-state index is 12.8. The molecule has 0 spiro atoms. The number of benzene rings is 2. The van der Waals surface area contributed by atoms with Crippen LogP contribution in [0.2, 0.25) is 0 Å². The molecule has 6 nitrogen and oxygen atoms in total. The number of hydrogen-bond donors (Lipinski definition) is 2. The molecule has 0 bridgehead atoms. The number of rotatable bonds is 7. The number of nitrogens with one attached hydrogen (secondary N) is 1. The molecule has 3 rings (SSSR count). The minimum atomic E-state index is -0.611. The second-order valence-electron chi connectivity index (χ2n) is 7.15. The molecule has 2 aromatic carbocycles. The number of hydrogen-bond acceptors (Lipinski definition) is 4. The van der Waals surface area contributed by atoms with Crippen molar-refractivity contribution in [1.82, 2.24) is 10.2 Å². The molecule has 1 unspecified atom stereocenters. The van der Waals surface area contributed by atoms with E-state index in [2.05, 4.69) is 17.4 Å². The van der Waals surface area contributed by atoms with Crippen LogP contribution in [0.15, 0.2) is 60.7 Å². The number of para-hydroxylation sites is 1. The third-order valence-electron chi connectivity index (χ3n) is 5.14. The fourth-order valence-electron chi connectivity index (χ4n) is 3.65. The van der Waals surface area contributed by atoms with Crippen LogP contribution < -0.4 is 15.8 Å². The third kappa shape index (κ3) is 4.89. The van der Waals surface area contributed by atoms with Gasteiger partial charge in [-0.15, -0.1) is 0 Å². The quantitative estimate of drug-likeness (QED) is 0.766. The molecule has 1 aliphatic heterocycles. The van der Waals surface area contributed by atoms with Crippen LogP contribution in [0.1, 0.15) is 18.4 Å². The van der Waals surface area contributed by atoms with Crippen molar-refractivity contribution in [2.75, 3.05) is 26.2 Å². The first-order valence-electron chi connectivity index (χ1n) is 9.59. The van der Waals surface area contributed by atoms with Gasteiger partial charge in [-0.1, -0.05) is 48.5 Å². The Morgan fingerprint density at radius 2 is 1.75 bits per heavy atom. The van der Waals surface area contributed by atoms with Crippen molar-refractivity contribution in [3.63, 3.8) is 0 Å². The molecule has 2 amide bonds. The second-order valence-corrected chi connectivity index (χ2v) is 7.15. The number of nitrogens with zero attached hydrogens (tertiary/aromatic N) is 1. The molecule has 3 N–H and O–H groups in total. The zero-order valence-corrected chi connectivity index (χ0v) is 16.1. The van der Waals surface area contributed by atoms with Gasteiger partial charge in [0.05, 0.1) is 0 Å². The number of likely N-dealkylation sites (tertiary alicyclic amines) is 1. The molecule has 0 radical (unpaired) electrons. The standard InChI is InChI=1S/C22H27N3O3/c1-16(24-21(26)15-28-19-10-6-3-7-11-19)22(27)25-13-18(12-23)20(14-25)17-8-4-2-5-9-17/h2-11,16,18,20H,12-15,23H2,1H3,(H,24,26)/t16?,18-,20+/m1/s1. The molecule has 0 aliphatic carbocycles. The minimum Gasteiger partial charge on any atom is -0.484 e. The van der Waals surface area contributed by atoms with E-state index in [4.69, 9.17) is 10.5 Å². The molecule has 1 aliphatic rings. The average molecular weight is 381 g/mol. The number of amides is 2. The molecule has 0 saturated carbocycles. The van der Waals surface area contributed by atoms with Gasteiger partial charge in [0.1, 0.15) is 11.8 Å². The van der Waals surface area contributed by atoms with Gasteiger partial charge in [0, 0.05) is 19.0 Å². The fourth-order valence-corrected chi connectivity index (χ4v) is 3.65. The molecule has 1 heterocycles. The van der Waals surface area contributed by atoms with Crippen LogP contribution in [-0.4, -0.2) is 49.0 Å². The molecule has 1 saturated heterocycles. The Bertz CT molecular complexity index is 782. The maximum absolute atomic E-state index is 12.8. The number of carbonyl (C=O) groups is 2. The third-order valence-corrected chi connectivity index (χ3v) is 5.14. The number of carbonyl (C=O) groups excluding carboxylic acids is 2. The van der Waals surface area contributed by atoms with Gasteiger partial charge < -0.3 is 20.7 Å². The second kappa shape index (κ2) is 9.37. The molecule has 28 heavy (non-hydrogen) atoms. The van der Waals surface area contributed by atoms with Gasteiger partial charge in [0.25, 0.3) is 5.91 Å². The molecule has 148 valence electrons. The largest absolute Gasteiger partial charge is 0.484 e. The summed E-state index contributed by atoms with van der Waals surface area (Å²) >= 11 is 0. The summed E-state index contributed by atoms with van der Waals surface area (Å²) in [5.74, 6) is 0.645. The topological polar surface area (TPSA) is 84.7 Å². The van der Waals surface area contributed by atoms with Crippen molar-refractivity contribution in [3.05, 3.63) is 66.2 Å². The Hall–Kier alpha value is -2.86. The van der Waals surface area contributed by atoms with Gasteiger partial charge in [-0.25, -0.2) is 0 Å². The van der Waals surface area contributed by atoms with E-state index in [1.165, 1.54) is 5.56 Å². The first-order chi connectivity index (χ1) is 13.6. The van der Waals surface area contributed by atoms with Crippen LogP contribution in [0.3, 0.4) is 0 Å². The predicted octanol–water partition coefficient (Wildman–Crippen LogP) is 1.77. The molecule has 3 atom stereocenters. The summed E-state index contributed by atoms with van der Waals surface area (Å²) in [5, 5.41) is 2.73. The van der Waals surface area contributed by atoms with Crippen LogP contribution in [0.25, 0.3) is 0 Å². The van der Waals surface area contributed by atoms with Crippen molar-refractivity contribution in [2.45, 2.75) is 18.9 Å². The van der Waals surface area contributed by atoms with E-state index < -0.39 is 6.04 Å². The first-order valence-corrected chi connectivity index (χ1v) is 9.59. The lowest BCUT2D eigenvalue weighted by Crippen LogP contribution is -2.47. The Labute approximate surface area is 165 Å². The van der Waals surface area contributed by atoms with E-state index >= 15 is 0 Å². The molecule has 6 heteroatoms. The van der Waals surface area contributed by atoms with Crippen molar-refractivity contribution in [3.8, 4) is 5.75 Å². The summed E-state index contributed by atoms with van der Waals surface area (Å²) < 4.78 is 5.43. The van der Waals surface area contributed by atoms with Crippen molar-refractivity contribution < 1.29 is 14.3 Å². The normalized spacial score (nSPS) is 19.9. The smallest absolute Gasteiger partial charge is 0.258 e. The highest BCUT2D eigenvalue weighted by molar-refractivity contribution is 5.88. The Kier molecular flexibility index (Phi) is 6.66. The summed E-state index contributed by atoms with van der Waals surface area (Å²) in [6.07, 6.45) is 0. The van der Waals surface area contributed by atoms with Crippen LogP contribution in [0.4, 0.5) is 0 Å². The molecule has 2 aromatic rings. The maximum Gasteiger partial charge on any atom is 0.258 e. The highest BCUT2D eigenvalue weighted by Gasteiger charge is 2.36. The molecular weight excluding hydrogens is 354 g/mol. The van der Waals surface area contributed by atoms with E-state index in [9.17, 15) is 9.59 Å². The van der Waals surface area contributed by atoms with Crippen LogP contribution in [-0.2, 0) is 9.59 Å². The molecule has 0 aromatic heterocycles. The highest BCUT2D eigenvalue weighted by atomic mass is 16.5. The summed E-state index contributed by atoms with van der Waals surface area (Å²) in [4.78, 5) is 26.8. The first kappa shape index (κ1) is 19.9. The van der Waals surface area contributed by atoms with E-state index in [1.807, 2.05) is 36.4 Å². The Morgan fingerprint density at radius 3 is 2.39 bits per heavy atom. The van der Waals surface area contributed by atoms with Gasteiger partial charge in [0.2, 0.25) is 5.91 Å². The summed E-state index contributed by atoms with van der Waals surface area (Å²) in [5.41, 5.74) is 7.15. The lowest BCUT2D eigenvalue weighted by atomic mass is 9.89. The van der Waals surface area contributed by atoms with E-state index in [0.717, 1.165) is 0 Å². The summed E-state index contributed by atoms with van der Waals surface area (Å²) in [6.45, 7) is 3.33. The van der Waals surface area contributed by atoms with Gasteiger partial charge >= 0.3 is 0 Å². The highest BCUT2D eigenvalue weighted by Crippen LogP contribution is 2.32. The Balaban J connectivity index is 1.53. The van der Waals surface area contributed by atoms with Crippen molar-refractivity contribution in [2.24, 2.45) is 11.7 Å². The van der Waals surface area contributed by atoms with Crippen molar-refractivity contribution >= 4 is 11.8 Å². The average Bonchev–Trinajstić information content (AvgIpc) is 3.17. The number of nitrogens with two attached hydrogens (primary N) is 1. The SMILES string of the molecule is CC(NC(=O)COc1ccccc1)C(=O)N1C[C@@H](CN)[C@H](c2ccccc2)C1. The monoisotopic (exact) mass is 381 g/mol. The fraction of sp³-hybridized carbons (Fsp3) is 0.364. The summed E-state index contributed by atoms with van der Waals surface area (Å²) in [6, 6.07) is 18.6. The zero-order valence-electron chi connectivity index (χ0n) is 16.1. The van der Waals surface area contributed by atoms with E-state index in [-0.39, 0.29) is 30.3 Å². The minimum absolute atomic E-state index is 0.0926. The van der Waals surface area contributed by atoms with E-state index in [1.54, 1.807) is 24.0 Å². The molecular formula is C22H27N3O3. The molecule has 1 fully saturated rings. The summed E-state index contributed by atoms with van der Waals surface area (Å²) in [7, 11) is 0. The Morgan fingerprint density at radius 1 is 1.11 bits per heavy atom.